The van der Waals surface area contributed by atoms with E-state index in [1.165, 1.54) is 186 Å². The van der Waals surface area contributed by atoms with E-state index in [4.69, 9.17) is 5.11 Å². The maximum Gasteiger partial charge on any atom is 0.303 e. The summed E-state index contributed by atoms with van der Waals surface area (Å²) >= 11 is 0. The fraction of sp³-hybridized carbons (Fsp3) is 0.975. The minimum Gasteiger partial charge on any atom is -0.481 e. The molecule has 0 saturated heterocycles. The van der Waals surface area contributed by atoms with Gasteiger partial charge in [0.1, 0.15) is 0 Å². The summed E-state index contributed by atoms with van der Waals surface area (Å²) in [4.78, 5) is 10.3. The summed E-state index contributed by atoms with van der Waals surface area (Å²) in [5.74, 6) is -0.653. The fourth-order valence-electron chi connectivity index (χ4n) is 6.01. The second-order valence-electron chi connectivity index (χ2n) is 13.5. The minimum atomic E-state index is -0.653. The van der Waals surface area contributed by atoms with E-state index >= 15 is 0 Å². The number of carboxylic acids is 1. The summed E-state index contributed by atoms with van der Waals surface area (Å²) in [6.07, 6.45) is 43.3. The van der Waals surface area contributed by atoms with Gasteiger partial charge in [0, 0.05) is 26.1 Å². The van der Waals surface area contributed by atoms with Gasteiger partial charge >= 0.3 is 5.97 Å². The molecule has 0 atom stereocenters. The molecule has 0 aromatic heterocycles. The van der Waals surface area contributed by atoms with Crippen LogP contribution >= 0.6 is 0 Å². The number of carbonyl (C=O) groups is 1. The molecule has 0 aromatic carbocycles. The van der Waals surface area contributed by atoms with E-state index in [0.717, 1.165) is 32.5 Å². The number of hydrogen-bond acceptors (Lipinski definition) is 3. The van der Waals surface area contributed by atoms with Crippen LogP contribution in [0.2, 0.25) is 0 Å². The van der Waals surface area contributed by atoms with Gasteiger partial charge in [-0.05, 0) is 12.8 Å². The number of nitrogens with zero attached hydrogens (tertiary/aromatic N) is 1. The normalized spacial score (nSPS) is 11.2. The Bertz CT molecular complexity index is 510. The Labute approximate surface area is 278 Å². The highest BCUT2D eigenvalue weighted by Crippen LogP contribution is 2.15. The van der Waals surface area contributed by atoms with Crippen molar-refractivity contribution in [2.45, 2.75) is 233 Å². The van der Waals surface area contributed by atoms with Crippen molar-refractivity contribution in [1.29, 1.82) is 0 Å². The molecule has 2 N–H and O–H groups in total. The molecule has 0 saturated carbocycles. The van der Waals surface area contributed by atoms with Crippen LogP contribution < -0.4 is 5.43 Å². The molecule has 0 bridgehead atoms. The summed E-state index contributed by atoms with van der Waals surface area (Å²) < 4.78 is 0. The van der Waals surface area contributed by atoms with E-state index in [1.807, 2.05) is 0 Å². The molecule has 4 nitrogen and oxygen atoms in total. The van der Waals surface area contributed by atoms with Gasteiger partial charge in [-0.1, -0.05) is 214 Å². The Hall–Kier alpha value is -0.610. The summed E-state index contributed by atoms with van der Waals surface area (Å²) in [6, 6.07) is 0. The van der Waals surface area contributed by atoms with Gasteiger partial charge in [0.05, 0.1) is 0 Å². The van der Waals surface area contributed by atoms with Crippen molar-refractivity contribution in [2.75, 3.05) is 19.6 Å². The third-order valence-electron chi connectivity index (χ3n) is 9.12. The fourth-order valence-corrected chi connectivity index (χ4v) is 6.01. The number of hydrogen-bond donors (Lipinski definition) is 2. The van der Waals surface area contributed by atoms with Gasteiger partial charge in [0.2, 0.25) is 0 Å². The highest BCUT2D eigenvalue weighted by molar-refractivity contribution is 5.66. The predicted molar refractivity (Wildman–Crippen MR) is 198 cm³/mol. The molecule has 0 aliphatic heterocycles. The number of unbranched alkanes of at least 4 members (excludes halogenated alkanes) is 29. The minimum absolute atomic E-state index is 0.345. The zero-order valence-corrected chi connectivity index (χ0v) is 31.1. The quantitative estimate of drug-likeness (QED) is 0.0538. The highest BCUT2D eigenvalue weighted by Gasteiger charge is 1.99. The Morgan fingerprint density at radius 3 is 0.909 bits per heavy atom. The molecule has 0 amide bonds. The average molecular weight is 625 g/mol. The van der Waals surface area contributed by atoms with Crippen LogP contribution in [0.15, 0.2) is 0 Å². The van der Waals surface area contributed by atoms with Crippen molar-refractivity contribution in [3.05, 3.63) is 0 Å². The number of rotatable bonds is 36. The standard InChI is InChI=1S/C22H48N2.C18H36O2/c1-4-7-8-9-10-11-12-13-14-15-16-17-18-19-20-21-22-23-24(5-2)6-3;1-2-3-4-5-6-7-8-9-10-11-12-13-14-15-16-17-18(19)20/h23H,4-22H2,1-3H3;2-17H2,1H3,(H,19,20). The predicted octanol–water partition coefficient (Wildman–Crippen LogP) is 13.4. The maximum absolute atomic E-state index is 10.3. The largest absolute Gasteiger partial charge is 0.481 e. The lowest BCUT2D eigenvalue weighted by Gasteiger charge is -2.19. The van der Waals surface area contributed by atoms with Gasteiger partial charge in [0.15, 0.2) is 0 Å². The summed E-state index contributed by atoms with van der Waals surface area (Å²) in [5, 5.41) is 10.8. The lowest BCUT2D eigenvalue weighted by Crippen LogP contribution is -2.38. The van der Waals surface area contributed by atoms with Crippen molar-refractivity contribution in [1.82, 2.24) is 10.4 Å². The van der Waals surface area contributed by atoms with Crippen molar-refractivity contribution in [3.63, 3.8) is 0 Å². The van der Waals surface area contributed by atoms with Crippen LogP contribution in [-0.4, -0.2) is 35.7 Å². The molecule has 0 unspecified atom stereocenters. The molecular weight excluding hydrogens is 540 g/mol. The van der Waals surface area contributed by atoms with Crippen LogP contribution in [0.3, 0.4) is 0 Å². The highest BCUT2D eigenvalue weighted by atomic mass is 16.4. The molecule has 4 heteroatoms. The van der Waals surface area contributed by atoms with Gasteiger partial charge in [-0.15, -0.1) is 0 Å². The summed E-state index contributed by atoms with van der Waals surface area (Å²) in [7, 11) is 0. The SMILES string of the molecule is CCCCCCCCCCCCCCCCCC(=O)O.CCCCCCCCCCCCCCCCCCNN(CC)CC. The average Bonchev–Trinajstić information content (AvgIpc) is 3.02. The number of carboxylic acid groups (broad SMARTS) is 1. The molecule has 44 heavy (non-hydrogen) atoms. The third kappa shape index (κ3) is 43.5. The van der Waals surface area contributed by atoms with Gasteiger partial charge < -0.3 is 5.11 Å². The zero-order chi connectivity index (χ0) is 32.6. The first-order valence-electron chi connectivity index (χ1n) is 20.3. The first-order valence-corrected chi connectivity index (χ1v) is 20.3. The molecule has 266 valence electrons. The molecule has 0 spiro atoms. The van der Waals surface area contributed by atoms with Crippen molar-refractivity contribution >= 4 is 5.97 Å². The Kier molecular flexibility index (Phi) is 43.8. The number of nitrogens with one attached hydrogen (secondary N) is 1. The third-order valence-corrected chi connectivity index (χ3v) is 9.12. The molecular formula is C40H84N2O2. The smallest absolute Gasteiger partial charge is 0.303 e. The zero-order valence-electron chi connectivity index (χ0n) is 31.1. The lowest BCUT2D eigenvalue weighted by molar-refractivity contribution is -0.137. The van der Waals surface area contributed by atoms with Gasteiger partial charge in [-0.2, -0.15) is 0 Å². The number of aliphatic carboxylic acids is 1. The van der Waals surface area contributed by atoms with Crippen LogP contribution in [0.1, 0.15) is 233 Å². The number of hydrazine groups is 1. The second-order valence-corrected chi connectivity index (χ2v) is 13.5. The van der Waals surface area contributed by atoms with Gasteiger partial charge in [-0.25, -0.2) is 5.01 Å². The van der Waals surface area contributed by atoms with Gasteiger partial charge in [-0.3, -0.25) is 10.2 Å². The molecule has 0 aliphatic carbocycles. The van der Waals surface area contributed by atoms with Crippen LogP contribution in [0.25, 0.3) is 0 Å². The van der Waals surface area contributed by atoms with E-state index in [2.05, 4.69) is 38.1 Å². The van der Waals surface area contributed by atoms with Crippen molar-refractivity contribution < 1.29 is 9.90 Å². The Balaban J connectivity index is 0. The van der Waals surface area contributed by atoms with Crippen LogP contribution in [-0.2, 0) is 4.79 Å². The molecule has 0 aliphatic rings. The molecule has 0 heterocycles. The van der Waals surface area contributed by atoms with Crippen LogP contribution in [0.4, 0.5) is 0 Å². The monoisotopic (exact) mass is 625 g/mol. The van der Waals surface area contributed by atoms with Crippen LogP contribution in [0.5, 0.6) is 0 Å². The van der Waals surface area contributed by atoms with E-state index in [0.29, 0.717) is 6.42 Å². The first kappa shape index (κ1) is 45.5. The van der Waals surface area contributed by atoms with Crippen molar-refractivity contribution in [2.24, 2.45) is 0 Å². The van der Waals surface area contributed by atoms with Crippen LogP contribution in [0, 0.1) is 0 Å². The van der Waals surface area contributed by atoms with E-state index in [-0.39, 0.29) is 0 Å². The summed E-state index contributed by atoms with van der Waals surface area (Å²) in [6.45, 7) is 12.4. The molecule has 0 radical (unpaired) electrons. The molecule has 0 fully saturated rings. The van der Waals surface area contributed by atoms with E-state index in [1.54, 1.807) is 0 Å². The Morgan fingerprint density at radius 2 is 0.659 bits per heavy atom. The first-order chi connectivity index (χ1) is 21.6. The topological polar surface area (TPSA) is 52.6 Å². The lowest BCUT2D eigenvalue weighted by atomic mass is 10.0. The van der Waals surface area contributed by atoms with Crippen molar-refractivity contribution in [3.8, 4) is 0 Å². The van der Waals surface area contributed by atoms with Gasteiger partial charge in [0.25, 0.3) is 0 Å². The van der Waals surface area contributed by atoms with E-state index < -0.39 is 5.97 Å². The molecule has 0 aromatic rings. The maximum atomic E-state index is 10.3. The summed E-state index contributed by atoms with van der Waals surface area (Å²) in [5.41, 5.74) is 3.50. The molecule has 0 rings (SSSR count). The second kappa shape index (κ2) is 42.4. The van der Waals surface area contributed by atoms with E-state index in [9.17, 15) is 4.79 Å². The Morgan fingerprint density at radius 1 is 0.409 bits per heavy atom.